The molecule has 0 bridgehead atoms. The first-order valence-corrected chi connectivity index (χ1v) is 11.9. The molecule has 0 spiro atoms. The zero-order valence-electron chi connectivity index (χ0n) is 18.4. The highest BCUT2D eigenvalue weighted by Gasteiger charge is 2.35. The highest BCUT2D eigenvalue weighted by Crippen LogP contribution is 2.34. The first-order chi connectivity index (χ1) is 16.5. The van der Waals surface area contributed by atoms with Gasteiger partial charge < -0.3 is 5.32 Å². The summed E-state index contributed by atoms with van der Waals surface area (Å²) in [7, 11) is -4.44. The van der Waals surface area contributed by atoms with E-state index < -0.39 is 40.1 Å². The van der Waals surface area contributed by atoms with E-state index in [0.717, 1.165) is 22.6 Å². The Morgan fingerprint density at radius 1 is 1.03 bits per heavy atom. The lowest BCUT2D eigenvalue weighted by atomic mass is 10.2. The second kappa shape index (κ2) is 9.06. The first-order valence-electron chi connectivity index (χ1n) is 10.4. The standard InChI is InChI=1S/C24H20F3N3O4S/c1-16-9-11-19(12-10-16)35(33,34)30(18-6-4-5-17(13-18)24(25,26)27)15-23(32)29-14-22(31)28-20-7-2-3-8-21(20)29/h2-13H,14-15H2,1H3,(H,28,31). The number of halogens is 3. The van der Waals surface area contributed by atoms with E-state index in [9.17, 15) is 31.2 Å². The molecular formula is C24H20F3N3O4S. The van der Waals surface area contributed by atoms with Crippen LogP contribution in [-0.4, -0.2) is 33.3 Å². The van der Waals surface area contributed by atoms with E-state index >= 15 is 0 Å². The number of fused-ring (bicyclic) bond motifs is 1. The summed E-state index contributed by atoms with van der Waals surface area (Å²) < 4.78 is 67.8. The van der Waals surface area contributed by atoms with Crippen LogP contribution in [0.2, 0.25) is 0 Å². The lowest BCUT2D eigenvalue weighted by Crippen LogP contribution is -2.48. The van der Waals surface area contributed by atoms with Crippen LogP contribution in [0.4, 0.5) is 30.2 Å². The number of carbonyl (C=O) groups is 2. The van der Waals surface area contributed by atoms with E-state index in [0.29, 0.717) is 21.7 Å². The van der Waals surface area contributed by atoms with Gasteiger partial charge in [-0.25, -0.2) is 8.42 Å². The predicted molar refractivity (Wildman–Crippen MR) is 125 cm³/mol. The van der Waals surface area contributed by atoms with E-state index in [1.165, 1.54) is 18.2 Å². The summed E-state index contributed by atoms with van der Waals surface area (Å²) in [5, 5.41) is 2.63. The number of amides is 2. The minimum atomic E-state index is -4.72. The maximum absolute atomic E-state index is 13.5. The smallest absolute Gasteiger partial charge is 0.323 e. The first kappa shape index (κ1) is 24.3. The van der Waals surface area contributed by atoms with Gasteiger partial charge in [0.15, 0.2) is 0 Å². The van der Waals surface area contributed by atoms with Crippen molar-refractivity contribution in [3.63, 3.8) is 0 Å². The van der Waals surface area contributed by atoms with Crippen molar-refractivity contribution >= 4 is 38.9 Å². The summed E-state index contributed by atoms with van der Waals surface area (Å²) in [5.41, 5.74) is 0.109. The molecule has 7 nitrogen and oxygen atoms in total. The summed E-state index contributed by atoms with van der Waals surface area (Å²) >= 11 is 0. The summed E-state index contributed by atoms with van der Waals surface area (Å²) in [6.07, 6.45) is -4.72. The van der Waals surface area contributed by atoms with Crippen molar-refractivity contribution in [2.45, 2.75) is 18.0 Å². The van der Waals surface area contributed by atoms with E-state index in [4.69, 9.17) is 0 Å². The molecule has 0 aromatic heterocycles. The van der Waals surface area contributed by atoms with Gasteiger partial charge in [0, 0.05) is 0 Å². The molecule has 1 aliphatic heterocycles. The van der Waals surface area contributed by atoms with Gasteiger partial charge in [-0.2, -0.15) is 13.2 Å². The van der Waals surface area contributed by atoms with Crippen molar-refractivity contribution in [1.82, 2.24) is 0 Å². The zero-order chi connectivity index (χ0) is 25.4. The fraction of sp³-hybridized carbons (Fsp3) is 0.167. The van der Waals surface area contributed by atoms with E-state index in [1.807, 2.05) is 0 Å². The van der Waals surface area contributed by atoms with Gasteiger partial charge in [0.05, 0.1) is 27.5 Å². The molecule has 3 aromatic rings. The highest BCUT2D eigenvalue weighted by molar-refractivity contribution is 7.92. The van der Waals surface area contributed by atoms with Crippen LogP contribution in [0.5, 0.6) is 0 Å². The number of benzene rings is 3. The molecule has 11 heteroatoms. The predicted octanol–water partition coefficient (Wildman–Crippen LogP) is 4.19. The molecule has 1 heterocycles. The maximum atomic E-state index is 13.5. The zero-order valence-corrected chi connectivity index (χ0v) is 19.2. The Labute approximate surface area is 199 Å². The monoisotopic (exact) mass is 503 g/mol. The number of aryl methyl sites for hydroxylation is 1. The number of sulfonamides is 1. The van der Waals surface area contributed by atoms with Crippen molar-refractivity contribution in [3.05, 3.63) is 83.9 Å². The van der Waals surface area contributed by atoms with Gasteiger partial charge >= 0.3 is 6.18 Å². The number of rotatable bonds is 5. The fourth-order valence-electron chi connectivity index (χ4n) is 3.65. The van der Waals surface area contributed by atoms with Crippen molar-refractivity contribution in [2.75, 3.05) is 27.6 Å². The van der Waals surface area contributed by atoms with Crippen LogP contribution in [0.25, 0.3) is 0 Å². The van der Waals surface area contributed by atoms with Crippen LogP contribution in [0, 0.1) is 6.92 Å². The summed E-state index contributed by atoms with van der Waals surface area (Å²) in [6, 6.07) is 15.9. The van der Waals surface area contributed by atoms with E-state index in [2.05, 4.69) is 5.32 Å². The van der Waals surface area contributed by atoms with Gasteiger partial charge in [0.2, 0.25) is 11.8 Å². The Hall–Kier alpha value is -3.86. The third kappa shape index (κ3) is 4.99. The lowest BCUT2D eigenvalue weighted by molar-refractivity contribution is -0.137. The van der Waals surface area contributed by atoms with Gasteiger partial charge in [0.25, 0.3) is 10.0 Å². The number of anilines is 3. The minimum Gasteiger partial charge on any atom is -0.323 e. The quantitative estimate of drug-likeness (QED) is 0.566. The molecule has 4 rings (SSSR count). The molecular weight excluding hydrogens is 483 g/mol. The number of hydrogen-bond acceptors (Lipinski definition) is 4. The Bertz CT molecular complexity index is 1390. The lowest BCUT2D eigenvalue weighted by Gasteiger charge is -2.32. The molecule has 0 saturated heterocycles. The number of hydrogen-bond donors (Lipinski definition) is 1. The topological polar surface area (TPSA) is 86.8 Å². The van der Waals surface area contributed by atoms with Gasteiger partial charge in [-0.1, -0.05) is 35.9 Å². The van der Waals surface area contributed by atoms with Crippen molar-refractivity contribution in [1.29, 1.82) is 0 Å². The molecule has 2 amide bonds. The van der Waals surface area contributed by atoms with Crippen LogP contribution in [-0.2, 0) is 25.8 Å². The van der Waals surface area contributed by atoms with Gasteiger partial charge in [-0.05, 0) is 49.4 Å². The largest absolute Gasteiger partial charge is 0.416 e. The second-order valence-corrected chi connectivity index (χ2v) is 9.78. The average Bonchev–Trinajstić information content (AvgIpc) is 2.81. The molecule has 0 atom stereocenters. The molecule has 0 radical (unpaired) electrons. The number of para-hydroxylation sites is 2. The fourth-order valence-corrected chi connectivity index (χ4v) is 5.06. The Morgan fingerprint density at radius 3 is 2.40 bits per heavy atom. The highest BCUT2D eigenvalue weighted by atomic mass is 32.2. The number of nitrogens with one attached hydrogen (secondary N) is 1. The van der Waals surface area contributed by atoms with Crippen LogP contribution in [0.3, 0.4) is 0 Å². The summed E-state index contributed by atoms with van der Waals surface area (Å²) in [5.74, 6) is -1.26. The molecule has 182 valence electrons. The van der Waals surface area contributed by atoms with E-state index in [-0.39, 0.29) is 17.1 Å². The molecule has 0 fully saturated rings. The third-order valence-electron chi connectivity index (χ3n) is 5.42. The summed E-state index contributed by atoms with van der Waals surface area (Å²) in [6.45, 7) is 0.569. The molecule has 35 heavy (non-hydrogen) atoms. The van der Waals surface area contributed by atoms with Crippen LogP contribution < -0.4 is 14.5 Å². The second-order valence-electron chi connectivity index (χ2n) is 7.92. The maximum Gasteiger partial charge on any atom is 0.416 e. The molecule has 0 unspecified atom stereocenters. The van der Waals surface area contributed by atoms with Crippen LogP contribution in [0.15, 0.2) is 77.7 Å². The molecule has 1 N–H and O–H groups in total. The molecule has 1 aliphatic rings. The molecule has 0 saturated carbocycles. The van der Waals surface area contributed by atoms with Crippen molar-refractivity contribution < 1.29 is 31.2 Å². The van der Waals surface area contributed by atoms with Crippen LogP contribution >= 0.6 is 0 Å². The molecule has 0 aliphatic carbocycles. The van der Waals surface area contributed by atoms with Gasteiger partial charge in [0.1, 0.15) is 13.1 Å². The van der Waals surface area contributed by atoms with Crippen molar-refractivity contribution in [3.8, 4) is 0 Å². The number of alkyl halides is 3. The normalized spacial score (nSPS) is 13.7. The Morgan fingerprint density at radius 2 is 1.71 bits per heavy atom. The SMILES string of the molecule is Cc1ccc(S(=O)(=O)N(CC(=O)N2CC(=O)Nc3ccccc32)c2cccc(C(F)(F)F)c2)cc1. The van der Waals surface area contributed by atoms with Crippen LogP contribution in [0.1, 0.15) is 11.1 Å². The minimum absolute atomic E-state index is 0.190. The van der Waals surface area contributed by atoms with Crippen molar-refractivity contribution in [2.24, 2.45) is 0 Å². The number of carbonyl (C=O) groups excluding carboxylic acids is 2. The molecule has 3 aromatic carbocycles. The Balaban J connectivity index is 1.78. The van der Waals surface area contributed by atoms with E-state index in [1.54, 1.807) is 43.3 Å². The van der Waals surface area contributed by atoms with Gasteiger partial charge in [-0.3, -0.25) is 18.8 Å². The third-order valence-corrected chi connectivity index (χ3v) is 7.21. The number of nitrogens with zero attached hydrogens (tertiary/aromatic N) is 2. The van der Waals surface area contributed by atoms with Gasteiger partial charge in [-0.15, -0.1) is 0 Å². The summed E-state index contributed by atoms with van der Waals surface area (Å²) in [4.78, 5) is 26.4. The average molecular weight is 504 g/mol. The Kier molecular flexibility index (Phi) is 6.28.